The molecular formula is C17H20ClN5O3. The van der Waals surface area contributed by atoms with E-state index in [1.54, 1.807) is 34.9 Å². The van der Waals surface area contributed by atoms with Gasteiger partial charge in [0.05, 0.1) is 11.4 Å². The number of benzene rings is 1. The average molecular weight is 378 g/mol. The largest absolute Gasteiger partial charge is 0.375 e. The molecule has 2 amide bonds. The van der Waals surface area contributed by atoms with Crippen molar-refractivity contribution < 1.29 is 14.3 Å². The van der Waals surface area contributed by atoms with Crippen LogP contribution in [0.2, 0.25) is 5.02 Å². The Labute approximate surface area is 156 Å². The molecule has 1 saturated heterocycles. The van der Waals surface area contributed by atoms with E-state index in [4.69, 9.17) is 16.3 Å². The Morgan fingerprint density at radius 2 is 1.85 bits per heavy atom. The Balaban J connectivity index is 1.70. The van der Waals surface area contributed by atoms with Crippen molar-refractivity contribution in [2.45, 2.75) is 6.92 Å². The minimum absolute atomic E-state index is 0.0566. The summed E-state index contributed by atoms with van der Waals surface area (Å²) >= 11 is 6.00. The van der Waals surface area contributed by atoms with Gasteiger partial charge in [0.1, 0.15) is 6.61 Å². The Kier molecular flexibility index (Phi) is 5.53. The molecule has 0 spiro atoms. The molecule has 0 N–H and O–H groups in total. The number of aromatic nitrogens is 3. The SMILES string of the molecule is COCC(=O)N1CCN(C(=O)c2nn(-c3cccc(Cl)c3)nc2C)CC1. The van der Waals surface area contributed by atoms with Gasteiger partial charge in [0.15, 0.2) is 5.69 Å². The van der Waals surface area contributed by atoms with E-state index in [1.165, 1.54) is 11.9 Å². The molecule has 1 fully saturated rings. The number of carbonyl (C=O) groups excluding carboxylic acids is 2. The van der Waals surface area contributed by atoms with E-state index >= 15 is 0 Å². The van der Waals surface area contributed by atoms with Crippen LogP contribution in [0.5, 0.6) is 0 Å². The van der Waals surface area contributed by atoms with Crippen LogP contribution in [-0.4, -0.2) is 76.5 Å². The first-order valence-corrected chi connectivity index (χ1v) is 8.63. The minimum Gasteiger partial charge on any atom is -0.375 e. The zero-order valence-electron chi connectivity index (χ0n) is 14.7. The van der Waals surface area contributed by atoms with Gasteiger partial charge in [-0.1, -0.05) is 17.7 Å². The van der Waals surface area contributed by atoms with Gasteiger partial charge < -0.3 is 14.5 Å². The number of hydrogen-bond acceptors (Lipinski definition) is 5. The fourth-order valence-corrected chi connectivity index (χ4v) is 3.00. The third-order valence-corrected chi connectivity index (χ3v) is 4.45. The third-order valence-electron chi connectivity index (χ3n) is 4.21. The van der Waals surface area contributed by atoms with Crippen molar-refractivity contribution >= 4 is 23.4 Å². The van der Waals surface area contributed by atoms with Gasteiger partial charge in [0, 0.05) is 38.3 Å². The molecule has 9 heteroatoms. The van der Waals surface area contributed by atoms with Crippen LogP contribution in [0, 0.1) is 6.92 Å². The molecule has 2 heterocycles. The van der Waals surface area contributed by atoms with Gasteiger partial charge in [-0.2, -0.15) is 9.90 Å². The molecule has 1 aliphatic heterocycles. The van der Waals surface area contributed by atoms with Crippen LogP contribution in [0.1, 0.15) is 16.2 Å². The summed E-state index contributed by atoms with van der Waals surface area (Å²) < 4.78 is 4.87. The second-order valence-electron chi connectivity index (χ2n) is 6.01. The predicted molar refractivity (Wildman–Crippen MR) is 95.5 cm³/mol. The van der Waals surface area contributed by atoms with Gasteiger partial charge in [0.2, 0.25) is 5.91 Å². The maximum absolute atomic E-state index is 12.8. The van der Waals surface area contributed by atoms with Crippen molar-refractivity contribution in [2.75, 3.05) is 39.9 Å². The number of rotatable bonds is 4. The Morgan fingerprint density at radius 3 is 2.50 bits per heavy atom. The third kappa shape index (κ3) is 3.86. The highest BCUT2D eigenvalue weighted by Crippen LogP contribution is 2.16. The fraction of sp³-hybridized carbons (Fsp3) is 0.412. The molecule has 0 saturated carbocycles. The lowest BCUT2D eigenvalue weighted by Gasteiger charge is -2.34. The molecular weight excluding hydrogens is 358 g/mol. The maximum atomic E-state index is 12.8. The van der Waals surface area contributed by atoms with Crippen molar-refractivity contribution in [1.29, 1.82) is 0 Å². The summed E-state index contributed by atoms with van der Waals surface area (Å²) in [5.74, 6) is -0.253. The maximum Gasteiger partial charge on any atom is 0.276 e. The molecule has 1 aromatic carbocycles. The molecule has 1 aliphatic rings. The second kappa shape index (κ2) is 7.84. The van der Waals surface area contributed by atoms with E-state index in [2.05, 4.69) is 10.2 Å². The number of halogens is 1. The summed E-state index contributed by atoms with van der Waals surface area (Å²) in [6, 6.07) is 7.11. The van der Waals surface area contributed by atoms with Crippen molar-refractivity contribution in [2.24, 2.45) is 0 Å². The van der Waals surface area contributed by atoms with Crippen LogP contribution in [-0.2, 0) is 9.53 Å². The molecule has 0 unspecified atom stereocenters. The van der Waals surface area contributed by atoms with Crippen molar-refractivity contribution in [1.82, 2.24) is 24.8 Å². The van der Waals surface area contributed by atoms with Crippen LogP contribution < -0.4 is 0 Å². The van der Waals surface area contributed by atoms with Gasteiger partial charge in [-0.25, -0.2) is 0 Å². The van der Waals surface area contributed by atoms with E-state index in [-0.39, 0.29) is 18.4 Å². The smallest absolute Gasteiger partial charge is 0.276 e. The van der Waals surface area contributed by atoms with Crippen molar-refractivity contribution in [3.8, 4) is 5.69 Å². The number of nitrogens with zero attached hydrogens (tertiary/aromatic N) is 5. The quantitative estimate of drug-likeness (QED) is 0.798. The van der Waals surface area contributed by atoms with E-state index in [9.17, 15) is 9.59 Å². The fourth-order valence-electron chi connectivity index (χ4n) is 2.82. The molecule has 26 heavy (non-hydrogen) atoms. The van der Waals surface area contributed by atoms with E-state index in [1.807, 2.05) is 6.07 Å². The Morgan fingerprint density at radius 1 is 1.15 bits per heavy atom. The lowest BCUT2D eigenvalue weighted by Crippen LogP contribution is -2.51. The summed E-state index contributed by atoms with van der Waals surface area (Å²) in [5.41, 5.74) is 1.55. The first-order chi connectivity index (χ1) is 12.5. The van der Waals surface area contributed by atoms with E-state index in [0.717, 1.165) is 0 Å². The molecule has 0 bridgehead atoms. The van der Waals surface area contributed by atoms with Gasteiger partial charge in [-0.15, -0.1) is 5.10 Å². The highest BCUT2D eigenvalue weighted by Gasteiger charge is 2.27. The molecule has 8 nitrogen and oxygen atoms in total. The summed E-state index contributed by atoms with van der Waals surface area (Å²) in [6.07, 6.45) is 0. The first-order valence-electron chi connectivity index (χ1n) is 8.25. The number of piperazine rings is 1. The normalized spacial score (nSPS) is 14.6. The van der Waals surface area contributed by atoms with Crippen LogP contribution in [0.3, 0.4) is 0 Å². The zero-order chi connectivity index (χ0) is 18.7. The average Bonchev–Trinajstić information content (AvgIpc) is 3.03. The second-order valence-corrected chi connectivity index (χ2v) is 6.45. The number of hydrogen-bond donors (Lipinski definition) is 0. The number of ether oxygens (including phenoxy) is 1. The topological polar surface area (TPSA) is 80.6 Å². The minimum atomic E-state index is -0.186. The standard InChI is InChI=1S/C17H20ClN5O3/c1-12-16(20-23(19-12)14-5-3-4-13(18)10-14)17(25)22-8-6-21(7-9-22)15(24)11-26-2/h3-5,10H,6-9,11H2,1-2H3. The highest BCUT2D eigenvalue weighted by atomic mass is 35.5. The number of carbonyl (C=O) groups is 2. The Bertz CT molecular complexity index is 814. The lowest BCUT2D eigenvalue weighted by atomic mass is 10.2. The Hall–Kier alpha value is -2.45. The summed E-state index contributed by atoms with van der Waals surface area (Å²) in [4.78, 5) is 29.4. The number of amides is 2. The molecule has 0 atom stereocenters. The molecule has 138 valence electrons. The molecule has 0 aliphatic carbocycles. The zero-order valence-corrected chi connectivity index (χ0v) is 15.4. The molecule has 3 rings (SSSR count). The van der Waals surface area contributed by atoms with Crippen LogP contribution in [0.4, 0.5) is 0 Å². The lowest BCUT2D eigenvalue weighted by molar-refractivity contribution is -0.136. The number of aryl methyl sites for hydroxylation is 1. The van der Waals surface area contributed by atoms with Gasteiger partial charge in [-0.3, -0.25) is 9.59 Å². The summed E-state index contributed by atoms with van der Waals surface area (Å²) in [7, 11) is 1.49. The predicted octanol–water partition coefficient (Wildman–Crippen LogP) is 1.16. The summed E-state index contributed by atoms with van der Waals surface area (Å²) in [5, 5.41) is 9.23. The van der Waals surface area contributed by atoms with E-state index in [0.29, 0.717) is 48.3 Å². The van der Waals surface area contributed by atoms with Crippen molar-refractivity contribution in [3.05, 3.63) is 40.7 Å². The monoisotopic (exact) mass is 377 g/mol. The first kappa shape index (κ1) is 18.3. The van der Waals surface area contributed by atoms with Crippen LogP contribution >= 0.6 is 11.6 Å². The van der Waals surface area contributed by atoms with E-state index < -0.39 is 0 Å². The van der Waals surface area contributed by atoms with Crippen LogP contribution in [0.15, 0.2) is 24.3 Å². The van der Waals surface area contributed by atoms with Gasteiger partial charge in [0.25, 0.3) is 5.91 Å². The molecule has 0 radical (unpaired) electrons. The van der Waals surface area contributed by atoms with Crippen molar-refractivity contribution in [3.63, 3.8) is 0 Å². The van der Waals surface area contributed by atoms with Gasteiger partial charge in [-0.05, 0) is 25.1 Å². The highest BCUT2D eigenvalue weighted by molar-refractivity contribution is 6.30. The molecule has 2 aromatic rings. The molecule has 1 aromatic heterocycles. The summed E-state index contributed by atoms with van der Waals surface area (Å²) in [6.45, 7) is 3.68. The van der Waals surface area contributed by atoms with Crippen LogP contribution in [0.25, 0.3) is 5.69 Å². The van der Waals surface area contributed by atoms with Gasteiger partial charge >= 0.3 is 0 Å². The number of methoxy groups -OCH3 is 1.